The molecule has 0 aliphatic heterocycles. The van der Waals surface area contributed by atoms with Gasteiger partial charge in [0.1, 0.15) is 0 Å². The maximum atomic E-state index is 12.8. The summed E-state index contributed by atoms with van der Waals surface area (Å²) in [6.45, 7) is 0. The van der Waals surface area contributed by atoms with Crippen molar-refractivity contribution in [1.29, 1.82) is 0 Å². The number of anilines is 1. The van der Waals surface area contributed by atoms with Gasteiger partial charge in [0.05, 0.1) is 17.5 Å². The van der Waals surface area contributed by atoms with Crippen LogP contribution < -0.4 is 5.32 Å². The highest BCUT2D eigenvalue weighted by atomic mass is 32.1. The van der Waals surface area contributed by atoms with Gasteiger partial charge in [-0.05, 0) is 24.1 Å². The molecule has 0 spiro atoms. The molecule has 1 amide bonds. The highest BCUT2D eigenvalue weighted by molar-refractivity contribution is 7.14. The van der Waals surface area contributed by atoms with Crippen LogP contribution in [0.15, 0.2) is 42.0 Å². The minimum absolute atomic E-state index is 0.209. The summed E-state index contributed by atoms with van der Waals surface area (Å²) in [6, 6.07) is 4.95. The lowest BCUT2D eigenvalue weighted by molar-refractivity contribution is -0.137. The third-order valence-corrected chi connectivity index (χ3v) is 4.39. The predicted molar refractivity (Wildman–Crippen MR) is 92.7 cm³/mol. The van der Waals surface area contributed by atoms with E-state index in [9.17, 15) is 18.0 Å². The molecule has 0 atom stereocenters. The Hall–Kier alpha value is -2.68. The largest absolute Gasteiger partial charge is 0.416 e. The second-order valence-corrected chi connectivity index (χ2v) is 6.54. The van der Waals surface area contributed by atoms with Crippen LogP contribution in [0.3, 0.4) is 0 Å². The first-order valence-corrected chi connectivity index (χ1v) is 8.60. The Morgan fingerprint density at radius 1 is 1.35 bits per heavy atom. The summed E-state index contributed by atoms with van der Waals surface area (Å²) in [7, 11) is 1.80. The van der Waals surface area contributed by atoms with Crippen molar-refractivity contribution in [3.8, 4) is 11.3 Å². The molecule has 5 nitrogen and oxygen atoms in total. The van der Waals surface area contributed by atoms with E-state index in [2.05, 4.69) is 15.4 Å². The van der Waals surface area contributed by atoms with Crippen LogP contribution in [0.1, 0.15) is 17.5 Å². The molecule has 0 unspecified atom stereocenters. The van der Waals surface area contributed by atoms with Crippen LogP contribution in [-0.4, -0.2) is 20.7 Å². The Morgan fingerprint density at radius 3 is 2.85 bits per heavy atom. The average Bonchev–Trinajstić information content (AvgIpc) is 3.21. The fourth-order valence-electron chi connectivity index (χ4n) is 2.36. The number of alkyl halides is 3. The zero-order chi connectivity index (χ0) is 18.7. The molecule has 0 fully saturated rings. The van der Waals surface area contributed by atoms with E-state index in [1.807, 2.05) is 6.20 Å². The number of hydrogen-bond donors (Lipinski definition) is 1. The van der Waals surface area contributed by atoms with E-state index in [1.165, 1.54) is 17.4 Å². The van der Waals surface area contributed by atoms with E-state index in [-0.39, 0.29) is 12.3 Å². The first-order chi connectivity index (χ1) is 12.3. The Labute approximate surface area is 151 Å². The van der Waals surface area contributed by atoms with Crippen molar-refractivity contribution in [2.24, 2.45) is 7.05 Å². The smallest absolute Gasteiger partial charge is 0.302 e. The summed E-state index contributed by atoms with van der Waals surface area (Å²) >= 11 is 1.17. The number of nitrogens with zero attached hydrogens (tertiary/aromatic N) is 3. The van der Waals surface area contributed by atoms with Crippen molar-refractivity contribution >= 4 is 22.4 Å². The highest BCUT2D eigenvalue weighted by Crippen LogP contribution is 2.33. The first kappa shape index (κ1) is 18.1. The molecule has 9 heteroatoms. The minimum atomic E-state index is -4.41. The van der Waals surface area contributed by atoms with Crippen LogP contribution in [0.2, 0.25) is 0 Å². The van der Waals surface area contributed by atoms with Crippen molar-refractivity contribution in [3.63, 3.8) is 0 Å². The van der Waals surface area contributed by atoms with Gasteiger partial charge in [0.2, 0.25) is 5.91 Å². The van der Waals surface area contributed by atoms with Crippen LogP contribution in [0.25, 0.3) is 11.3 Å². The zero-order valence-electron chi connectivity index (χ0n) is 13.7. The number of thiazole rings is 1. The molecule has 3 rings (SSSR count). The Bertz CT molecular complexity index is 917. The lowest BCUT2D eigenvalue weighted by Gasteiger charge is -2.07. The van der Waals surface area contributed by atoms with Crippen molar-refractivity contribution < 1.29 is 18.0 Å². The van der Waals surface area contributed by atoms with E-state index in [0.717, 1.165) is 17.7 Å². The van der Waals surface area contributed by atoms with Crippen molar-refractivity contribution in [2.75, 3.05) is 5.32 Å². The molecule has 2 heterocycles. The summed E-state index contributed by atoms with van der Waals surface area (Å²) < 4.78 is 40.1. The minimum Gasteiger partial charge on any atom is -0.302 e. The monoisotopic (exact) mass is 380 g/mol. The van der Waals surface area contributed by atoms with Gasteiger partial charge in [-0.25, -0.2) is 4.98 Å². The second-order valence-electron chi connectivity index (χ2n) is 5.69. The molecule has 136 valence electrons. The number of aryl methyl sites for hydroxylation is 2. The van der Waals surface area contributed by atoms with E-state index < -0.39 is 11.7 Å². The average molecular weight is 380 g/mol. The third kappa shape index (κ3) is 4.48. The molecule has 1 N–H and O–H groups in total. The molecule has 0 saturated heterocycles. The third-order valence-electron chi connectivity index (χ3n) is 3.64. The van der Waals surface area contributed by atoms with Crippen LogP contribution >= 0.6 is 11.3 Å². The van der Waals surface area contributed by atoms with Crippen LogP contribution in [0.4, 0.5) is 18.3 Å². The number of aromatic nitrogens is 3. The number of rotatable bonds is 5. The molecule has 0 aliphatic carbocycles. The normalized spacial score (nSPS) is 11.5. The van der Waals surface area contributed by atoms with Crippen LogP contribution in [-0.2, 0) is 24.4 Å². The number of halogens is 3. The van der Waals surface area contributed by atoms with Crippen molar-refractivity contribution in [2.45, 2.75) is 19.0 Å². The quantitative estimate of drug-likeness (QED) is 0.724. The number of carbonyl (C=O) groups is 1. The van der Waals surface area contributed by atoms with Gasteiger partial charge in [0, 0.05) is 30.6 Å². The Kier molecular flexibility index (Phi) is 5.08. The molecule has 0 aliphatic rings. The van der Waals surface area contributed by atoms with Gasteiger partial charge in [-0.1, -0.05) is 12.1 Å². The van der Waals surface area contributed by atoms with Gasteiger partial charge in [-0.15, -0.1) is 11.3 Å². The van der Waals surface area contributed by atoms with Gasteiger partial charge in [0.25, 0.3) is 0 Å². The fraction of sp³-hybridized carbons (Fsp3) is 0.235. The molecule has 2 aromatic heterocycles. The lowest BCUT2D eigenvalue weighted by Crippen LogP contribution is -2.12. The maximum Gasteiger partial charge on any atom is 0.416 e. The molecule has 0 bridgehead atoms. The first-order valence-electron chi connectivity index (χ1n) is 7.72. The SMILES string of the molecule is Cn1cc(CCC(=O)Nc2nc(-c3cccc(C(F)(F)F)c3)cs2)cn1. The molecule has 0 radical (unpaired) electrons. The number of carbonyl (C=O) groups excluding carboxylic acids is 1. The van der Waals surface area contributed by atoms with Gasteiger partial charge in [-0.2, -0.15) is 18.3 Å². The Balaban J connectivity index is 1.63. The number of benzene rings is 1. The van der Waals surface area contributed by atoms with E-state index in [0.29, 0.717) is 22.8 Å². The molecule has 3 aromatic rings. The molecule has 1 aromatic carbocycles. The molecule has 0 saturated carbocycles. The fourth-order valence-corrected chi connectivity index (χ4v) is 3.10. The summed E-state index contributed by atoms with van der Waals surface area (Å²) in [4.78, 5) is 16.2. The number of nitrogens with one attached hydrogen (secondary N) is 1. The standard InChI is InChI=1S/C17H15F3N4OS/c1-24-9-11(8-21-24)5-6-15(25)23-16-22-14(10-26-16)12-3-2-4-13(7-12)17(18,19)20/h2-4,7-10H,5-6H2,1H3,(H,22,23,25). The van der Waals surface area contributed by atoms with E-state index in [4.69, 9.17) is 0 Å². The van der Waals surface area contributed by atoms with Gasteiger partial charge in [0.15, 0.2) is 5.13 Å². The predicted octanol–water partition coefficient (Wildman–Crippen LogP) is 4.13. The number of amides is 1. The van der Waals surface area contributed by atoms with Gasteiger partial charge in [-0.3, -0.25) is 9.48 Å². The molecular formula is C17H15F3N4OS. The molecular weight excluding hydrogens is 365 g/mol. The van der Waals surface area contributed by atoms with Crippen LogP contribution in [0.5, 0.6) is 0 Å². The van der Waals surface area contributed by atoms with Gasteiger partial charge >= 0.3 is 6.18 Å². The Morgan fingerprint density at radius 2 is 2.15 bits per heavy atom. The van der Waals surface area contributed by atoms with Crippen LogP contribution in [0, 0.1) is 0 Å². The summed E-state index contributed by atoms with van der Waals surface area (Å²) in [6.07, 6.45) is -0.0596. The summed E-state index contributed by atoms with van der Waals surface area (Å²) in [5, 5.41) is 8.68. The summed E-state index contributed by atoms with van der Waals surface area (Å²) in [5.74, 6) is -0.209. The number of hydrogen-bond acceptors (Lipinski definition) is 4. The van der Waals surface area contributed by atoms with E-state index >= 15 is 0 Å². The lowest BCUT2D eigenvalue weighted by atomic mass is 10.1. The second kappa shape index (κ2) is 7.28. The zero-order valence-corrected chi connectivity index (χ0v) is 14.6. The van der Waals surface area contributed by atoms with Crippen molar-refractivity contribution in [1.82, 2.24) is 14.8 Å². The van der Waals surface area contributed by atoms with E-state index in [1.54, 1.807) is 29.4 Å². The molecule has 26 heavy (non-hydrogen) atoms. The highest BCUT2D eigenvalue weighted by Gasteiger charge is 2.30. The van der Waals surface area contributed by atoms with Crippen molar-refractivity contribution in [3.05, 3.63) is 53.2 Å². The maximum absolute atomic E-state index is 12.8. The van der Waals surface area contributed by atoms with Gasteiger partial charge < -0.3 is 5.32 Å². The topological polar surface area (TPSA) is 59.8 Å². The summed E-state index contributed by atoms with van der Waals surface area (Å²) in [5.41, 5.74) is 0.965.